The molecule has 0 aromatic heterocycles. The molecule has 0 heterocycles. The number of nitrogens with one attached hydrogen (secondary N) is 1. The van der Waals surface area contributed by atoms with Gasteiger partial charge in [-0.15, -0.1) is 0 Å². The summed E-state index contributed by atoms with van der Waals surface area (Å²) in [6.45, 7) is 0. The van der Waals surface area contributed by atoms with Crippen LogP contribution in [0.2, 0.25) is 5.02 Å². The van der Waals surface area contributed by atoms with E-state index >= 15 is 0 Å². The molecule has 0 bridgehead atoms. The molecule has 0 spiro atoms. The minimum absolute atomic E-state index is 0.0385. The molecule has 1 aromatic rings. The van der Waals surface area contributed by atoms with Gasteiger partial charge in [0.25, 0.3) is 5.91 Å². The van der Waals surface area contributed by atoms with Crippen molar-refractivity contribution >= 4 is 33.4 Å². The van der Waals surface area contributed by atoms with Gasteiger partial charge in [-0.2, -0.15) is 0 Å². The van der Waals surface area contributed by atoms with Gasteiger partial charge in [0, 0.05) is 10.4 Å². The van der Waals surface area contributed by atoms with Crippen molar-refractivity contribution in [3.63, 3.8) is 0 Å². The Morgan fingerprint density at radius 1 is 1.56 bits per heavy atom. The maximum absolute atomic E-state index is 13.4. The molecule has 1 aromatic carbocycles. The van der Waals surface area contributed by atoms with E-state index in [1.165, 1.54) is 12.1 Å². The predicted octanol–water partition coefficient (Wildman–Crippen LogP) is 3.14. The molecule has 1 aliphatic carbocycles. The van der Waals surface area contributed by atoms with Gasteiger partial charge in [-0.05, 0) is 31.0 Å². The molecule has 0 atom stereocenters. The topological polar surface area (TPSA) is 29.1 Å². The third kappa shape index (κ3) is 2.38. The highest BCUT2D eigenvalue weighted by molar-refractivity contribution is 9.09. The van der Waals surface area contributed by atoms with Gasteiger partial charge in [0.05, 0.1) is 11.1 Å². The fraction of sp³-hybridized carbons (Fsp3) is 0.364. The standard InChI is InChI=1S/C11H10BrClFNO/c12-6-11(3-4-11)15-10(16)8-2-1-7(13)5-9(8)14/h1-2,5H,3-4,6H2,(H,15,16). The van der Waals surface area contributed by atoms with Crippen molar-refractivity contribution < 1.29 is 9.18 Å². The van der Waals surface area contributed by atoms with Crippen LogP contribution in [0.1, 0.15) is 23.2 Å². The van der Waals surface area contributed by atoms with Crippen LogP contribution in [0.15, 0.2) is 18.2 Å². The summed E-state index contributed by atoms with van der Waals surface area (Å²) in [4.78, 5) is 11.8. The molecule has 1 saturated carbocycles. The molecule has 2 rings (SSSR count). The Morgan fingerprint density at radius 2 is 2.25 bits per heavy atom. The molecular weight excluding hydrogens is 296 g/mol. The van der Waals surface area contributed by atoms with E-state index in [-0.39, 0.29) is 22.0 Å². The lowest BCUT2D eigenvalue weighted by Crippen LogP contribution is -2.38. The monoisotopic (exact) mass is 305 g/mol. The van der Waals surface area contributed by atoms with Crippen molar-refractivity contribution in [2.75, 3.05) is 5.33 Å². The van der Waals surface area contributed by atoms with E-state index < -0.39 is 5.82 Å². The molecule has 0 unspecified atom stereocenters. The largest absolute Gasteiger partial charge is 0.346 e. The lowest BCUT2D eigenvalue weighted by Gasteiger charge is -2.14. The molecule has 1 N–H and O–H groups in total. The number of rotatable bonds is 3. The third-order valence-electron chi connectivity index (χ3n) is 2.66. The van der Waals surface area contributed by atoms with Crippen LogP contribution in [0.3, 0.4) is 0 Å². The minimum Gasteiger partial charge on any atom is -0.346 e. The normalized spacial score (nSPS) is 16.9. The molecule has 0 radical (unpaired) electrons. The molecule has 1 fully saturated rings. The molecular formula is C11H10BrClFNO. The number of carbonyl (C=O) groups is 1. The van der Waals surface area contributed by atoms with Gasteiger partial charge in [-0.25, -0.2) is 4.39 Å². The van der Waals surface area contributed by atoms with E-state index in [9.17, 15) is 9.18 Å². The second-order valence-corrected chi connectivity index (χ2v) is 4.99. The number of carbonyl (C=O) groups excluding carboxylic acids is 1. The molecule has 2 nitrogen and oxygen atoms in total. The molecule has 0 saturated heterocycles. The molecule has 5 heteroatoms. The van der Waals surface area contributed by atoms with Crippen LogP contribution >= 0.6 is 27.5 Å². The van der Waals surface area contributed by atoms with Crippen LogP contribution in [0.25, 0.3) is 0 Å². The molecule has 1 aliphatic rings. The van der Waals surface area contributed by atoms with Crippen molar-refractivity contribution in [1.82, 2.24) is 5.32 Å². The predicted molar refractivity (Wildman–Crippen MR) is 64.6 cm³/mol. The smallest absolute Gasteiger partial charge is 0.254 e. The van der Waals surface area contributed by atoms with Gasteiger partial charge in [0.15, 0.2) is 0 Å². The Morgan fingerprint density at radius 3 is 2.75 bits per heavy atom. The maximum atomic E-state index is 13.4. The summed E-state index contributed by atoms with van der Waals surface area (Å²) in [5.41, 5.74) is -0.139. The summed E-state index contributed by atoms with van der Waals surface area (Å²) in [5.74, 6) is -0.971. The van der Waals surface area contributed by atoms with E-state index in [1.54, 1.807) is 0 Å². The Balaban J connectivity index is 2.15. The van der Waals surface area contributed by atoms with Crippen LogP contribution < -0.4 is 5.32 Å². The van der Waals surface area contributed by atoms with E-state index in [1.807, 2.05) is 0 Å². The highest BCUT2D eigenvalue weighted by Crippen LogP contribution is 2.37. The average Bonchev–Trinajstić information content (AvgIpc) is 2.98. The zero-order chi connectivity index (χ0) is 11.8. The first kappa shape index (κ1) is 11.9. The van der Waals surface area contributed by atoms with Gasteiger partial charge in [-0.1, -0.05) is 27.5 Å². The third-order valence-corrected chi connectivity index (χ3v) is 3.97. The van der Waals surface area contributed by atoms with Crippen molar-refractivity contribution in [3.05, 3.63) is 34.6 Å². The minimum atomic E-state index is -0.588. The quantitative estimate of drug-likeness (QED) is 0.854. The number of hydrogen-bond acceptors (Lipinski definition) is 1. The molecule has 16 heavy (non-hydrogen) atoms. The van der Waals surface area contributed by atoms with Gasteiger partial charge < -0.3 is 5.32 Å². The van der Waals surface area contributed by atoms with Crippen molar-refractivity contribution in [2.24, 2.45) is 0 Å². The summed E-state index contributed by atoms with van der Waals surface area (Å²) >= 11 is 8.95. The van der Waals surface area contributed by atoms with E-state index in [4.69, 9.17) is 11.6 Å². The Bertz CT molecular complexity index is 434. The summed E-state index contributed by atoms with van der Waals surface area (Å²) in [5, 5.41) is 3.81. The Kier molecular flexibility index (Phi) is 3.22. The summed E-state index contributed by atoms with van der Waals surface area (Å²) in [6.07, 6.45) is 1.86. The van der Waals surface area contributed by atoms with Crippen molar-refractivity contribution in [1.29, 1.82) is 0 Å². The lowest BCUT2D eigenvalue weighted by molar-refractivity contribution is 0.0932. The first-order valence-corrected chi connectivity index (χ1v) is 6.40. The zero-order valence-electron chi connectivity index (χ0n) is 8.40. The number of halogens is 3. The van der Waals surface area contributed by atoms with E-state index in [0.29, 0.717) is 5.33 Å². The van der Waals surface area contributed by atoms with Gasteiger partial charge in [0.1, 0.15) is 5.82 Å². The van der Waals surface area contributed by atoms with Crippen molar-refractivity contribution in [2.45, 2.75) is 18.4 Å². The maximum Gasteiger partial charge on any atom is 0.254 e. The SMILES string of the molecule is O=C(NC1(CBr)CC1)c1ccc(Cl)cc1F. The van der Waals surface area contributed by atoms with Crippen molar-refractivity contribution in [3.8, 4) is 0 Å². The summed E-state index contributed by atoms with van der Waals surface area (Å²) in [7, 11) is 0. The fourth-order valence-electron chi connectivity index (χ4n) is 1.42. The Hall–Kier alpha value is -0.610. The molecule has 0 aliphatic heterocycles. The van der Waals surface area contributed by atoms with E-state index in [2.05, 4.69) is 21.2 Å². The summed E-state index contributed by atoms with van der Waals surface area (Å²) in [6, 6.07) is 4.05. The second-order valence-electron chi connectivity index (χ2n) is 3.99. The first-order valence-electron chi connectivity index (χ1n) is 4.90. The van der Waals surface area contributed by atoms with Crippen LogP contribution in [-0.4, -0.2) is 16.8 Å². The highest BCUT2D eigenvalue weighted by Gasteiger charge is 2.43. The fourth-order valence-corrected chi connectivity index (χ4v) is 2.28. The zero-order valence-corrected chi connectivity index (χ0v) is 10.7. The number of benzene rings is 1. The van der Waals surface area contributed by atoms with Crippen LogP contribution in [0.4, 0.5) is 4.39 Å². The Labute approximate surface area is 106 Å². The van der Waals surface area contributed by atoms with Gasteiger partial charge >= 0.3 is 0 Å². The van der Waals surface area contributed by atoms with E-state index in [0.717, 1.165) is 18.9 Å². The molecule has 86 valence electrons. The molecule has 1 amide bonds. The first-order chi connectivity index (χ1) is 7.56. The lowest BCUT2D eigenvalue weighted by atomic mass is 10.2. The van der Waals surface area contributed by atoms with Gasteiger partial charge in [-0.3, -0.25) is 4.79 Å². The van der Waals surface area contributed by atoms with Crippen LogP contribution in [0, 0.1) is 5.82 Å². The highest BCUT2D eigenvalue weighted by atomic mass is 79.9. The number of hydrogen-bond donors (Lipinski definition) is 1. The van der Waals surface area contributed by atoms with Crippen LogP contribution in [0.5, 0.6) is 0 Å². The second kappa shape index (κ2) is 4.34. The number of amides is 1. The van der Waals surface area contributed by atoms with Crippen LogP contribution in [-0.2, 0) is 0 Å². The van der Waals surface area contributed by atoms with Gasteiger partial charge in [0.2, 0.25) is 0 Å². The number of alkyl halides is 1. The average molecular weight is 307 g/mol. The summed E-state index contributed by atoms with van der Waals surface area (Å²) < 4.78 is 13.4.